The molecule has 124 valence electrons. The largest absolute Gasteiger partial charge is 0.318 e. The van der Waals surface area contributed by atoms with Gasteiger partial charge in [-0.2, -0.15) is 0 Å². The summed E-state index contributed by atoms with van der Waals surface area (Å²) in [5.74, 6) is 1.44. The zero-order valence-electron chi connectivity index (χ0n) is 13.6. The van der Waals surface area contributed by atoms with Crippen molar-refractivity contribution in [1.82, 2.24) is 9.97 Å². The molecule has 0 atom stereocenters. The van der Waals surface area contributed by atoms with E-state index in [0.29, 0.717) is 11.6 Å². The number of alkyl halides is 1. The van der Waals surface area contributed by atoms with E-state index in [4.69, 9.17) is 0 Å². The van der Waals surface area contributed by atoms with E-state index in [1.54, 1.807) is 6.20 Å². The smallest absolute Gasteiger partial charge is 0.259 e. The summed E-state index contributed by atoms with van der Waals surface area (Å²) >= 11 is 3.45. The first kappa shape index (κ1) is 15.6. The van der Waals surface area contributed by atoms with Crippen molar-refractivity contribution in [3.8, 4) is 0 Å². The Morgan fingerprint density at radius 2 is 2.17 bits per heavy atom. The predicted molar refractivity (Wildman–Crippen MR) is 98.4 cm³/mol. The molecule has 1 aliphatic heterocycles. The van der Waals surface area contributed by atoms with Gasteiger partial charge in [0.25, 0.3) is 5.91 Å². The van der Waals surface area contributed by atoms with Crippen LogP contribution in [0.3, 0.4) is 0 Å². The predicted octanol–water partition coefficient (Wildman–Crippen LogP) is 3.98. The van der Waals surface area contributed by atoms with Crippen molar-refractivity contribution in [1.29, 1.82) is 0 Å². The Kier molecular flexibility index (Phi) is 4.00. The normalized spacial score (nSPS) is 16.2. The maximum absolute atomic E-state index is 12.8. The van der Waals surface area contributed by atoms with E-state index in [1.165, 1.54) is 0 Å². The number of aryl methyl sites for hydroxylation is 2. The maximum atomic E-state index is 12.8. The number of pyridine rings is 2. The zero-order valence-corrected chi connectivity index (χ0v) is 15.1. The maximum Gasteiger partial charge on any atom is 0.259 e. The number of anilines is 3. The number of nitrogens with zero attached hydrogens (tertiary/aromatic N) is 3. The molecule has 4 rings (SSSR count). The first-order valence-corrected chi connectivity index (χ1v) is 9.42. The molecule has 1 saturated carbocycles. The topological polar surface area (TPSA) is 58.1 Å². The minimum atomic E-state index is -0.0984. The van der Waals surface area contributed by atoms with Crippen molar-refractivity contribution in [2.75, 3.05) is 15.5 Å². The highest BCUT2D eigenvalue weighted by Gasteiger charge is 2.38. The average Bonchev–Trinajstić information content (AvgIpc) is 3.41. The molecule has 6 heteroatoms. The molecule has 2 aromatic heterocycles. The summed E-state index contributed by atoms with van der Waals surface area (Å²) in [5.41, 5.74) is 3.56. The molecule has 1 amide bonds. The molecule has 1 N–H and O–H groups in total. The molecule has 0 spiro atoms. The lowest BCUT2D eigenvalue weighted by atomic mass is 10.1. The molecule has 24 heavy (non-hydrogen) atoms. The fraction of sp³-hybridized carbons (Fsp3) is 0.389. The van der Waals surface area contributed by atoms with E-state index >= 15 is 0 Å². The molecule has 0 unspecified atom stereocenters. The molecule has 1 fully saturated rings. The molecule has 5 nitrogen and oxygen atoms in total. The van der Waals surface area contributed by atoms with Crippen LogP contribution < -0.4 is 10.2 Å². The van der Waals surface area contributed by atoms with E-state index in [-0.39, 0.29) is 5.91 Å². The number of carbonyl (C=O) groups is 1. The number of carbonyl (C=O) groups excluding carboxylic acids is 1. The summed E-state index contributed by atoms with van der Waals surface area (Å²) in [6.45, 7) is 2.00. The van der Waals surface area contributed by atoms with Crippen LogP contribution in [0.15, 0.2) is 24.5 Å². The highest BCUT2D eigenvalue weighted by molar-refractivity contribution is 9.09. The van der Waals surface area contributed by atoms with Crippen molar-refractivity contribution in [2.45, 2.75) is 38.6 Å². The second-order valence-corrected chi connectivity index (χ2v) is 7.18. The van der Waals surface area contributed by atoms with Gasteiger partial charge in [0, 0.05) is 23.8 Å². The lowest BCUT2D eigenvalue weighted by molar-refractivity contribution is 0.102. The van der Waals surface area contributed by atoms with Crippen molar-refractivity contribution >= 4 is 39.2 Å². The Bertz CT molecular complexity index is 804. The summed E-state index contributed by atoms with van der Waals surface area (Å²) in [5, 5.41) is 3.99. The third-order valence-electron chi connectivity index (χ3n) is 4.51. The first-order valence-electron chi connectivity index (χ1n) is 8.30. The average molecular weight is 387 g/mol. The number of rotatable bonds is 4. The fourth-order valence-corrected chi connectivity index (χ4v) is 3.39. The summed E-state index contributed by atoms with van der Waals surface area (Å²) < 4.78 is 0. The van der Waals surface area contributed by atoms with Crippen molar-refractivity contribution in [2.24, 2.45) is 0 Å². The Hall–Kier alpha value is -1.95. The molecule has 1 aliphatic carbocycles. The van der Waals surface area contributed by atoms with Crippen LogP contribution in [0.2, 0.25) is 0 Å². The van der Waals surface area contributed by atoms with Gasteiger partial charge < -0.3 is 10.2 Å². The number of hydrogen-bond acceptors (Lipinski definition) is 4. The second kappa shape index (κ2) is 6.16. The molecule has 2 aliphatic rings. The van der Waals surface area contributed by atoms with Crippen LogP contribution in [0.1, 0.15) is 40.7 Å². The monoisotopic (exact) mass is 386 g/mol. The summed E-state index contributed by atoms with van der Waals surface area (Å²) in [6, 6.07) is 4.29. The van der Waals surface area contributed by atoms with E-state index in [2.05, 4.69) is 36.1 Å². The number of halogens is 1. The quantitative estimate of drug-likeness (QED) is 0.807. The van der Waals surface area contributed by atoms with Crippen LogP contribution in [0.5, 0.6) is 0 Å². The lowest BCUT2D eigenvalue weighted by Crippen LogP contribution is -2.23. The van der Waals surface area contributed by atoms with Crippen LogP contribution >= 0.6 is 15.9 Å². The van der Waals surface area contributed by atoms with Gasteiger partial charge in [0.1, 0.15) is 5.82 Å². The van der Waals surface area contributed by atoms with Gasteiger partial charge in [-0.25, -0.2) is 9.97 Å². The van der Waals surface area contributed by atoms with Gasteiger partial charge in [-0.3, -0.25) is 4.79 Å². The standard InChI is InChI=1S/C18H19BrN4O/c1-11-6-8-20-17-15(11)22-18(24)14-9-12(3-2-7-19)10-21-16(14)23(17)13-4-5-13/h6,8-10,13H,2-5,7H2,1H3,(H,22,24). The molecule has 0 radical (unpaired) electrons. The Labute approximate surface area is 149 Å². The number of aromatic nitrogens is 2. The number of fused-ring (bicyclic) bond motifs is 2. The SMILES string of the molecule is Cc1ccnc2c1NC(=O)c1cc(CCCBr)cnc1N2C1CC1. The Morgan fingerprint density at radius 1 is 1.33 bits per heavy atom. The van der Waals surface area contributed by atoms with Crippen LogP contribution in [0.4, 0.5) is 17.3 Å². The minimum Gasteiger partial charge on any atom is -0.318 e. The highest BCUT2D eigenvalue weighted by Crippen LogP contribution is 2.43. The highest BCUT2D eigenvalue weighted by atomic mass is 79.9. The number of nitrogens with one attached hydrogen (secondary N) is 1. The number of amides is 1. The van der Waals surface area contributed by atoms with E-state index in [0.717, 1.165) is 59.5 Å². The molecule has 2 aromatic rings. The van der Waals surface area contributed by atoms with Gasteiger partial charge >= 0.3 is 0 Å². The van der Waals surface area contributed by atoms with E-state index < -0.39 is 0 Å². The first-order chi connectivity index (χ1) is 11.7. The van der Waals surface area contributed by atoms with Gasteiger partial charge in [0.15, 0.2) is 5.82 Å². The van der Waals surface area contributed by atoms with Crippen LogP contribution in [-0.2, 0) is 6.42 Å². The van der Waals surface area contributed by atoms with Gasteiger partial charge in [-0.05, 0) is 55.9 Å². The molecular formula is C18H19BrN4O. The van der Waals surface area contributed by atoms with Gasteiger partial charge in [-0.15, -0.1) is 0 Å². The summed E-state index contributed by atoms with van der Waals surface area (Å²) in [7, 11) is 0. The lowest BCUT2D eigenvalue weighted by Gasteiger charge is -2.24. The van der Waals surface area contributed by atoms with E-state index in [9.17, 15) is 4.79 Å². The third-order valence-corrected chi connectivity index (χ3v) is 5.07. The van der Waals surface area contributed by atoms with Gasteiger partial charge in [-0.1, -0.05) is 15.9 Å². The van der Waals surface area contributed by atoms with Crippen LogP contribution in [0, 0.1) is 6.92 Å². The van der Waals surface area contributed by atoms with E-state index in [1.807, 2.05) is 25.3 Å². The van der Waals surface area contributed by atoms with Crippen LogP contribution in [0.25, 0.3) is 0 Å². The summed E-state index contributed by atoms with van der Waals surface area (Å²) in [6.07, 6.45) is 7.84. The van der Waals surface area contributed by atoms with Crippen molar-refractivity contribution < 1.29 is 4.79 Å². The third kappa shape index (κ3) is 2.69. The zero-order chi connectivity index (χ0) is 16.7. The van der Waals surface area contributed by atoms with Crippen molar-refractivity contribution in [3.05, 3.63) is 41.2 Å². The number of hydrogen-bond donors (Lipinski definition) is 1. The van der Waals surface area contributed by atoms with Crippen LogP contribution in [-0.4, -0.2) is 27.2 Å². The van der Waals surface area contributed by atoms with Gasteiger partial charge in [0.05, 0.1) is 11.3 Å². The Balaban J connectivity index is 1.84. The molecule has 0 aromatic carbocycles. The Morgan fingerprint density at radius 3 is 2.92 bits per heavy atom. The summed E-state index contributed by atoms with van der Waals surface area (Å²) in [4.78, 5) is 24.2. The molecule has 3 heterocycles. The van der Waals surface area contributed by atoms with Crippen molar-refractivity contribution in [3.63, 3.8) is 0 Å². The molecule has 0 bridgehead atoms. The van der Waals surface area contributed by atoms with Gasteiger partial charge in [0.2, 0.25) is 0 Å². The molecule has 0 saturated heterocycles. The molecular weight excluding hydrogens is 368 g/mol. The minimum absolute atomic E-state index is 0.0984. The fourth-order valence-electron chi connectivity index (χ4n) is 3.11. The second-order valence-electron chi connectivity index (χ2n) is 6.39.